The molecule has 0 aliphatic carbocycles. The summed E-state index contributed by atoms with van der Waals surface area (Å²) in [6, 6.07) is 17.7. The first-order valence-electron chi connectivity index (χ1n) is 13.8. The third kappa shape index (κ3) is 7.30. The molecule has 1 aromatic heterocycles. The van der Waals surface area contributed by atoms with Gasteiger partial charge in [-0.05, 0) is 29.8 Å². The van der Waals surface area contributed by atoms with Crippen molar-refractivity contribution in [3.05, 3.63) is 76.4 Å². The number of aromatic nitrogens is 2. The molecule has 2 fully saturated rings. The van der Waals surface area contributed by atoms with Crippen LogP contribution in [0.4, 0.5) is 11.5 Å². The van der Waals surface area contributed by atoms with E-state index in [4.69, 9.17) is 26.3 Å². The molecular formula is C30H35ClN6O3S. The summed E-state index contributed by atoms with van der Waals surface area (Å²) < 4.78 is 5.38. The Labute approximate surface area is 250 Å². The number of amides is 2. The number of thioether (sulfide) groups is 1. The highest BCUT2D eigenvalue weighted by molar-refractivity contribution is 7.98. The van der Waals surface area contributed by atoms with Gasteiger partial charge in [-0.2, -0.15) is 0 Å². The van der Waals surface area contributed by atoms with E-state index in [1.807, 2.05) is 53.4 Å². The summed E-state index contributed by atoms with van der Waals surface area (Å²) in [7, 11) is 1.67. The molecule has 2 aliphatic rings. The second kappa shape index (κ2) is 13.5. The molecule has 2 aromatic carbocycles. The van der Waals surface area contributed by atoms with E-state index in [9.17, 15) is 9.59 Å². The number of rotatable bonds is 8. The van der Waals surface area contributed by atoms with Gasteiger partial charge in [0, 0.05) is 83.8 Å². The quantitative estimate of drug-likeness (QED) is 0.284. The van der Waals surface area contributed by atoms with Crippen molar-refractivity contribution in [1.29, 1.82) is 0 Å². The fraction of sp³-hybridized carbons (Fsp3) is 0.400. The zero-order valence-corrected chi connectivity index (χ0v) is 25.0. The highest BCUT2D eigenvalue weighted by Gasteiger charge is 2.24. The van der Waals surface area contributed by atoms with E-state index < -0.39 is 0 Å². The van der Waals surface area contributed by atoms with Crippen LogP contribution in [0.2, 0.25) is 5.02 Å². The SMILES string of the molecule is COCc1cc(N2CCN(c3ccccc3Cl)CC2)nc(SCc2ccc(C(=O)N3CCN(C(C)=O)CC3)cc2)n1. The number of benzene rings is 2. The average molecular weight is 595 g/mol. The minimum absolute atomic E-state index is 0.00211. The fourth-order valence-corrected chi connectivity index (χ4v) is 6.17. The molecule has 0 spiro atoms. The Hall–Kier alpha value is -3.34. The van der Waals surface area contributed by atoms with E-state index in [0.717, 1.165) is 54.0 Å². The van der Waals surface area contributed by atoms with Crippen molar-refractivity contribution in [1.82, 2.24) is 19.8 Å². The van der Waals surface area contributed by atoms with Crippen LogP contribution >= 0.6 is 23.4 Å². The number of hydrogen-bond donors (Lipinski definition) is 0. The van der Waals surface area contributed by atoms with Gasteiger partial charge in [-0.25, -0.2) is 9.97 Å². The Kier molecular flexibility index (Phi) is 9.64. The zero-order chi connectivity index (χ0) is 28.8. The molecule has 0 N–H and O–H groups in total. The van der Waals surface area contributed by atoms with Gasteiger partial charge in [-0.1, -0.05) is 47.6 Å². The van der Waals surface area contributed by atoms with Crippen LogP contribution in [-0.2, 0) is 21.9 Å². The molecular weight excluding hydrogens is 560 g/mol. The molecule has 5 rings (SSSR count). The van der Waals surface area contributed by atoms with Crippen molar-refractivity contribution in [3.8, 4) is 0 Å². The van der Waals surface area contributed by atoms with E-state index in [0.29, 0.717) is 49.3 Å². The number of piperazine rings is 2. The predicted octanol–water partition coefficient (Wildman–Crippen LogP) is 4.20. The van der Waals surface area contributed by atoms with E-state index in [-0.39, 0.29) is 11.8 Å². The van der Waals surface area contributed by atoms with Crippen LogP contribution < -0.4 is 9.80 Å². The monoisotopic (exact) mass is 594 g/mol. The van der Waals surface area contributed by atoms with Crippen LogP contribution in [-0.4, -0.2) is 91.0 Å². The largest absolute Gasteiger partial charge is 0.378 e. The molecule has 0 unspecified atom stereocenters. The number of ether oxygens (including phenoxy) is 1. The average Bonchev–Trinajstić information content (AvgIpc) is 3.00. The van der Waals surface area contributed by atoms with E-state index >= 15 is 0 Å². The van der Waals surface area contributed by atoms with Crippen LogP contribution in [0.15, 0.2) is 59.8 Å². The van der Waals surface area contributed by atoms with Crippen molar-refractivity contribution in [2.75, 3.05) is 69.3 Å². The lowest BCUT2D eigenvalue weighted by Gasteiger charge is -2.37. The summed E-state index contributed by atoms with van der Waals surface area (Å²) in [6.45, 7) is 7.63. The van der Waals surface area contributed by atoms with Crippen molar-refractivity contribution < 1.29 is 14.3 Å². The number of para-hydroxylation sites is 1. The van der Waals surface area contributed by atoms with Crippen LogP contribution in [0, 0.1) is 0 Å². The van der Waals surface area contributed by atoms with Gasteiger partial charge in [0.05, 0.1) is 23.0 Å². The van der Waals surface area contributed by atoms with Gasteiger partial charge in [0.15, 0.2) is 5.16 Å². The smallest absolute Gasteiger partial charge is 0.253 e. The molecule has 3 aromatic rings. The molecule has 11 heteroatoms. The van der Waals surface area contributed by atoms with Crippen molar-refractivity contribution in [2.45, 2.75) is 24.4 Å². The number of carbonyl (C=O) groups excluding carboxylic acids is 2. The highest BCUT2D eigenvalue weighted by atomic mass is 35.5. The summed E-state index contributed by atoms with van der Waals surface area (Å²) in [4.78, 5) is 42.3. The van der Waals surface area contributed by atoms with Crippen LogP contribution in [0.25, 0.3) is 0 Å². The Morgan fingerprint density at radius 1 is 0.878 bits per heavy atom. The molecule has 2 aliphatic heterocycles. The molecule has 0 saturated carbocycles. The number of hydrogen-bond acceptors (Lipinski definition) is 8. The second-order valence-electron chi connectivity index (χ2n) is 10.1. The lowest BCUT2D eigenvalue weighted by molar-refractivity contribution is -0.130. The molecule has 3 heterocycles. The van der Waals surface area contributed by atoms with Gasteiger partial charge in [-0.15, -0.1) is 0 Å². The first kappa shape index (κ1) is 29.2. The molecule has 2 amide bonds. The summed E-state index contributed by atoms with van der Waals surface area (Å²) in [5.41, 5.74) is 3.66. The van der Waals surface area contributed by atoms with Gasteiger partial charge in [0.25, 0.3) is 5.91 Å². The summed E-state index contributed by atoms with van der Waals surface area (Å²) in [5.74, 6) is 1.64. The number of halogens is 1. The van der Waals surface area contributed by atoms with Gasteiger partial charge < -0.3 is 24.3 Å². The summed E-state index contributed by atoms with van der Waals surface area (Å²) >= 11 is 7.99. The van der Waals surface area contributed by atoms with Gasteiger partial charge in [0.1, 0.15) is 5.82 Å². The Bertz CT molecular complexity index is 1360. The number of carbonyl (C=O) groups is 2. The van der Waals surface area contributed by atoms with Gasteiger partial charge in [0.2, 0.25) is 5.91 Å². The summed E-state index contributed by atoms with van der Waals surface area (Å²) in [5, 5.41) is 1.47. The maximum Gasteiger partial charge on any atom is 0.253 e. The molecule has 2 saturated heterocycles. The normalized spacial score (nSPS) is 15.8. The Balaban J connectivity index is 1.19. The Morgan fingerprint density at radius 3 is 2.20 bits per heavy atom. The van der Waals surface area contributed by atoms with Crippen LogP contribution in [0.1, 0.15) is 28.5 Å². The zero-order valence-electron chi connectivity index (χ0n) is 23.5. The topological polar surface area (TPSA) is 82.1 Å². The third-order valence-electron chi connectivity index (χ3n) is 7.42. The van der Waals surface area contributed by atoms with Crippen LogP contribution in [0.3, 0.4) is 0 Å². The first-order chi connectivity index (χ1) is 19.9. The first-order valence-corrected chi connectivity index (χ1v) is 15.2. The van der Waals surface area contributed by atoms with E-state index in [1.165, 1.54) is 0 Å². The van der Waals surface area contributed by atoms with Crippen molar-refractivity contribution >= 4 is 46.7 Å². The molecule has 9 nitrogen and oxygen atoms in total. The van der Waals surface area contributed by atoms with Crippen molar-refractivity contribution in [3.63, 3.8) is 0 Å². The lowest BCUT2D eigenvalue weighted by atomic mass is 10.1. The minimum Gasteiger partial charge on any atom is -0.378 e. The number of nitrogens with zero attached hydrogens (tertiary/aromatic N) is 6. The second-order valence-corrected chi connectivity index (χ2v) is 11.5. The predicted molar refractivity (Wildman–Crippen MR) is 163 cm³/mol. The van der Waals surface area contributed by atoms with Gasteiger partial charge in [-0.3, -0.25) is 9.59 Å². The van der Waals surface area contributed by atoms with E-state index in [1.54, 1.807) is 30.7 Å². The number of anilines is 2. The molecule has 0 radical (unpaired) electrons. The lowest BCUT2D eigenvalue weighted by Crippen LogP contribution is -2.50. The minimum atomic E-state index is 0.00211. The molecule has 0 bridgehead atoms. The third-order valence-corrected chi connectivity index (χ3v) is 8.65. The number of methoxy groups -OCH3 is 1. The van der Waals surface area contributed by atoms with E-state index in [2.05, 4.69) is 15.9 Å². The standard InChI is InChI=1S/C30H35ClN6O3S/c1-22(38)34-11-17-37(18-12-34)29(39)24-9-7-23(8-10-24)21-41-30-32-25(20-40-2)19-28(33-30)36-15-13-35(14-16-36)27-6-4-3-5-26(27)31/h3-10,19H,11-18,20-21H2,1-2H3. The van der Waals surface area contributed by atoms with Crippen molar-refractivity contribution in [2.24, 2.45) is 0 Å². The Morgan fingerprint density at radius 2 is 1.54 bits per heavy atom. The fourth-order valence-electron chi connectivity index (χ4n) is 5.09. The molecule has 0 atom stereocenters. The summed E-state index contributed by atoms with van der Waals surface area (Å²) in [6.07, 6.45) is 0. The van der Waals surface area contributed by atoms with Crippen LogP contribution in [0.5, 0.6) is 0 Å². The van der Waals surface area contributed by atoms with Gasteiger partial charge >= 0.3 is 0 Å². The maximum absolute atomic E-state index is 12.9. The molecule has 41 heavy (non-hydrogen) atoms. The maximum atomic E-state index is 12.9. The highest BCUT2D eigenvalue weighted by Crippen LogP contribution is 2.28. The molecule has 216 valence electrons.